The van der Waals surface area contributed by atoms with Gasteiger partial charge in [-0.2, -0.15) is 0 Å². The first-order chi connectivity index (χ1) is 13.6. The standard InChI is InChI=1S/C16H30N3O9P/c1-4-6-8-14(22)25-11-27-29(24,18-16(17)19(3)10-13(20)21)28-12-26-15(23)9-7-5-2/h4-12H2,1-3H3,(H,20,21)(H2,17,18,24). The van der Waals surface area contributed by atoms with Crippen LogP contribution in [0.1, 0.15) is 52.4 Å². The number of hydrogen-bond donors (Lipinski definition) is 2. The molecule has 12 nitrogen and oxygen atoms in total. The molecule has 0 aromatic heterocycles. The fourth-order valence-electron chi connectivity index (χ4n) is 1.68. The number of nitrogens with two attached hydrogens (primary N) is 1. The summed E-state index contributed by atoms with van der Waals surface area (Å²) in [7, 11) is -3.06. The van der Waals surface area contributed by atoms with E-state index in [1.54, 1.807) is 0 Å². The Morgan fingerprint density at radius 2 is 1.45 bits per heavy atom. The molecule has 29 heavy (non-hydrogen) atoms. The predicted octanol–water partition coefficient (Wildman–Crippen LogP) is 1.84. The minimum absolute atomic E-state index is 0.160. The first-order valence-corrected chi connectivity index (χ1v) is 10.6. The van der Waals surface area contributed by atoms with Crippen LogP contribution in [0.15, 0.2) is 4.76 Å². The zero-order valence-electron chi connectivity index (χ0n) is 17.0. The molecular formula is C16H30N3O9P. The number of carbonyl (C=O) groups is 3. The topological polar surface area (TPSA) is 167 Å². The fourth-order valence-corrected chi connectivity index (χ4v) is 2.65. The van der Waals surface area contributed by atoms with E-state index >= 15 is 0 Å². The number of likely N-dealkylation sites (N-methyl/N-ethyl adjacent to an activating group) is 1. The summed E-state index contributed by atoms with van der Waals surface area (Å²) in [5.41, 5.74) is 5.61. The van der Waals surface area contributed by atoms with Crippen LogP contribution < -0.4 is 5.73 Å². The lowest BCUT2D eigenvalue weighted by Crippen LogP contribution is -2.37. The second kappa shape index (κ2) is 14.8. The van der Waals surface area contributed by atoms with E-state index in [-0.39, 0.29) is 12.8 Å². The molecule has 3 N–H and O–H groups in total. The van der Waals surface area contributed by atoms with E-state index in [0.29, 0.717) is 12.8 Å². The summed E-state index contributed by atoms with van der Waals surface area (Å²) in [6.45, 7) is 1.82. The Labute approximate surface area is 169 Å². The van der Waals surface area contributed by atoms with Gasteiger partial charge >= 0.3 is 25.7 Å². The van der Waals surface area contributed by atoms with Crippen molar-refractivity contribution in [2.45, 2.75) is 52.4 Å². The summed E-state index contributed by atoms with van der Waals surface area (Å²) in [6.07, 6.45) is 3.13. The molecule has 0 amide bonds. The number of hydrogen-bond acceptors (Lipinski definition) is 8. The predicted molar refractivity (Wildman–Crippen MR) is 103 cm³/mol. The van der Waals surface area contributed by atoms with Crippen LogP contribution >= 0.6 is 7.75 Å². The van der Waals surface area contributed by atoms with Gasteiger partial charge in [-0.1, -0.05) is 26.7 Å². The molecule has 0 aliphatic rings. The number of ether oxygens (including phenoxy) is 2. The average Bonchev–Trinajstić information content (AvgIpc) is 2.64. The molecule has 0 bridgehead atoms. The Morgan fingerprint density at radius 1 is 1.00 bits per heavy atom. The number of esters is 2. The number of guanidine groups is 1. The van der Waals surface area contributed by atoms with Crippen molar-refractivity contribution in [1.82, 2.24) is 4.90 Å². The molecular weight excluding hydrogens is 409 g/mol. The van der Waals surface area contributed by atoms with Crippen molar-refractivity contribution in [1.29, 1.82) is 0 Å². The first kappa shape index (κ1) is 26.8. The third-order valence-electron chi connectivity index (χ3n) is 3.33. The van der Waals surface area contributed by atoms with Crippen molar-refractivity contribution in [2.75, 3.05) is 27.2 Å². The summed E-state index contributed by atoms with van der Waals surface area (Å²) in [5.74, 6) is -2.78. The molecule has 0 heterocycles. The highest BCUT2D eigenvalue weighted by Gasteiger charge is 2.28. The molecule has 0 saturated carbocycles. The highest BCUT2D eigenvalue weighted by Crippen LogP contribution is 2.50. The quantitative estimate of drug-likeness (QED) is 0.126. The summed E-state index contributed by atoms with van der Waals surface area (Å²) in [5, 5.41) is 8.78. The molecule has 168 valence electrons. The number of rotatable bonds is 15. The van der Waals surface area contributed by atoms with Crippen molar-refractivity contribution < 1.29 is 42.6 Å². The van der Waals surface area contributed by atoms with Crippen LogP contribution in [0.5, 0.6) is 0 Å². The molecule has 0 spiro atoms. The Hall–Kier alpha value is -2.17. The van der Waals surface area contributed by atoms with Crippen LogP contribution in [0.2, 0.25) is 0 Å². The van der Waals surface area contributed by atoms with Gasteiger partial charge in [0, 0.05) is 19.9 Å². The molecule has 0 rings (SSSR count). The highest BCUT2D eigenvalue weighted by atomic mass is 31.2. The average molecular weight is 439 g/mol. The van der Waals surface area contributed by atoms with Crippen molar-refractivity contribution in [3.63, 3.8) is 0 Å². The van der Waals surface area contributed by atoms with Crippen LogP contribution in [0.4, 0.5) is 0 Å². The van der Waals surface area contributed by atoms with Crippen LogP contribution in [-0.4, -0.2) is 61.1 Å². The normalized spacial score (nSPS) is 11.8. The number of aliphatic carboxylic acids is 1. The van der Waals surface area contributed by atoms with E-state index in [1.807, 2.05) is 13.8 Å². The van der Waals surface area contributed by atoms with E-state index in [1.165, 1.54) is 7.05 Å². The number of nitrogens with zero attached hydrogens (tertiary/aromatic N) is 2. The van der Waals surface area contributed by atoms with Gasteiger partial charge in [-0.15, -0.1) is 4.76 Å². The van der Waals surface area contributed by atoms with Gasteiger partial charge in [0.25, 0.3) is 0 Å². The third-order valence-corrected chi connectivity index (χ3v) is 4.64. The molecule has 13 heteroatoms. The molecule has 0 aliphatic carbocycles. The largest absolute Gasteiger partial charge is 0.480 e. The number of carbonyl (C=O) groups excluding carboxylic acids is 2. The van der Waals surface area contributed by atoms with E-state index in [4.69, 9.17) is 29.4 Å². The Balaban J connectivity index is 4.96. The van der Waals surface area contributed by atoms with Gasteiger partial charge in [-0.25, -0.2) is 4.57 Å². The van der Waals surface area contributed by atoms with Gasteiger partial charge in [0.05, 0.1) is 0 Å². The maximum Gasteiger partial charge on any atom is 0.462 e. The van der Waals surface area contributed by atoms with E-state index in [2.05, 4.69) is 4.76 Å². The van der Waals surface area contributed by atoms with E-state index in [9.17, 15) is 18.9 Å². The van der Waals surface area contributed by atoms with Gasteiger partial charge in [0.15, 0.2) is 0 Å². The Bertz CT molecular complexity index is 582. The van der Waals surface area contributed by atoms with Crippen LogP contribution in [0.3, 0.4) is 0 Å². The SMILES string of the molecule is CCCCC(=O)OCOP(=O)(N=C(N)N(C)CC(=O)O)OCOC(=O)CCCC. The minimum Gasteiger partial charge on any atom is -0.480 e. The molecule has 0 fully saturated rings. The summed E-state index contributed by atoms with van der Waals surface area (Å²) < 4.78 is 35.7. The molecule has 0 saturated heterocycles. The lowest BCUT2D eigenvalue weighted by Gasteiger charge is -2.19. The monoisotopic (exact) mass is 439 g/mol. The van der Waals surface area contributed by atoms with Gasteiger partial charge in [-0.3, -0.25) is 23.4 Å². The Kier molecular flexibility index (Phi) is 13.7. The van der Waals surface area contributed by atoms with Gasteiger partial charge < -0.3 is 25.2 Å². The lowest BCUT2D eigenvalue weighted by molar-refractivity contribution is -0.152. The summed E-state index contributed by atoms with van der Waals surface area (Å²) in [6, 6.07) is 0. The Morgan fingerprint density at radius 3 is 1.83 bits per heavy atom. The molecule has 0 aliphatic heterocycles. The zero-order valence-corrected chi connectivity index (χ0v) is 17.9. The maximum atomic E-state index is 12.7. The smallest absolute Gasteiger partial charge is 0.462 e. The van der Waals surface area contributed by atoms with Gasteiger partial charge in [-0.05, 0) is 12.8 Å². The van der Waals surface area contributed by atoms with Crippen molar-refractivity contribution >= 4 is 31.6 Å². The lowest BCUT2D eigenvalue weighted by atomic mass is 10.3. The molecule has 0 unspecified atom stereocenters. The van der Waals surface area contributed by atoms with Crippen LogP contribution in [-0.2, 0) is 37.5 Å². The van der Waals surface area contributed by atoms with E-state index in [0.717, 1.165) is 17.7 Å². The summed E-state index contributed by atoms with van der Waals surface area (Å²) in [4.78, 5) is 34.8. The summed E-state index contributed by atoms with van der Waals surface area (Å²) >= 11 is 0. The second-order valence-electron chi connectivity index (χ2n) is 5.91. The second-order valence-corrected chi connectivity index (χ2v) is 7.56. The van der Waals surface area contributed by atoms with Crippen LogP contribution in [0.25, 0.3) is 0 Å². The first-order valence-electron chi connectivity index (χ1n) is 9.12. The van der Waals surface area contributed by atoms with Gasteiger partial charge in [0.1, 0.15) is 6.54 Å². The maximum absolute atomic E-state index is 12.7. The van der Waals surface area contributed by atoms with E-state index < -0.39 is 51.7 Å². The number of carboxylic acid groups (broad SMARTS) is 1. The minimum atomic E-state index is -4.36. The molecule has 0 aromatic rings. The zero-order chi connectivity index (χ0) is 22.3. The molecule has 0 radical (unpaired) electrons. The van der Waals surface area contributed by atoms with Crippen molar-refractivity contribution in [2.24, 2.45) is 10.5 Å². The third kappa shape index (κ3) is 13.6. The van der Waals surface area contributed by atoms with Crippen molar-refractivity contribution in [3.05, 3.63) is 0 Å². The van der Waals surface area contributed by atoms with Gasteiger partial charge in [0.2, 0.25) is 19.5 Å². The highest BCUT2D eigenvalue weighted by molar-refractivity contribution is 7.52. The molecule has 0 atom stereocenters. The fraction of sp³-hybridized carbons (Fsp3) is 0.750. The molecule has 0 aromatic carbocycles. The number of unbranched alkanes of at least 4 members (excludes halogenated alkanes) is 2. The van der Waals surface area contributed by atoms with Crippen molar-refractivity contribution in [3.8, 4) is 0 Å². The number of carboxylic acids is 1. The van der Waals surface area contributed by atoms with Crippen LogP contribution in [0, 0.1) is 0 Å².